The van der Waals surface area contributed by atoms with Crippen molar-refractivity contribution >= 4 is 0 Å². The molecule has 0 radical (unpaired) electrons. The summed E-state index contributed by atoms with van der Waals surface area (Å²) in [4.78, 5) is 8.51. The minimum Gasteiger partial charge on any atom is -0.290 e. The lowest BCUT2D eigenvalue weighted by atomic mass is 10.2. The molecule has 3 heteroatoms. The molecule has 2 aromatic heterocycles. The van der Waals surface area contributed by atoms with Crippen LogP contribution in [0.5, 0.6) is 0 Å². The van der Waals surface area contributed by atoms with Crippen LogP contribution in [0.15, 0.2) is 30.9 Å². The molecule has 0 fully saturated rings. The summed E-state index contributed by atoms with van der Waals surface area (Å²) in [5, 5.41) is 0. The number of imidazole rings is 1. The van der Waals surface area contributed by atoms with Crippen LogP contribution in [-0.2, 0) is 6.42 Å². The van der Waals surface area contributed by atoms with Crippen molar-refractivity contribution in [1.29, 1.82) is 0 Å². The number of rotatable bonds is 2. The van der Waals surface area contributed by atoms with Crippen LogP contribution in [0.25, 0.3) is 5.82 Å². The largest absolute Gasteiger partial charge is 0.290 e. The third-order valence-corrected chi connectivity index (χ3v) is 2.19. The summed E-state index contributed by atoms with van der Waals surface area (Å²) >= 11 is 0. The highest BCUT2D eigenvalue weighted by atomic mass is 15.1. The summed E-state index contributed by atoms with van der Waals surface area (Å²) in [5.41, 5.74) is 2.26. The maximum Gasteiger partial charge on any atom is 0.137 e. The SMILES string of the molecule is CCc1ccc(-n2cnc(C)c2)nc1. The molecule has 72 valence electrons. The minimum atomic E-state index is 0.919. The monoisotopic (exact) mass is 187 g/mol. The van der Waals surface area contributed by atoms with Gasteiger partial charge in [0.05, 0.1) is 5.69 Å². The predicted molar refractivity (Wildman–Crippen MR) is 55.5 cm³/mol. The Balaban J connectivity index is 2.33. The highest BCUT2D eigenvalue weighted by molar-refractivity contribution is 5.26. The van der Waals surface area contributed by atoms with Gasteiger partial charge in [0, 0.05) is 12.4 Å². The smallest absolute Gasteiger partial charge is 0.137 e. The average Bonchev–Trinajstić information content (AvgIpc) is 2.65. The second-order valence-corrected chi connectivity index (χ2v) is 3.30. The van der Waals surface area contributed by atoms with Gasteiger partial charge in [-0.2, -0.15) is 0 Å². The molecule has 0 aliphatic heterocycles. The van der Waals surface area contributed by atoms with E-state index in [0.717, 1.165) is 17.9 Å². The average molecular weight is 187 g/mol. The highest BCUT2D eigenvalue weighted by Gasteiger charge is 1.98. The fourth-order valence-electron chi connectivity index (χ4n) is 1.33. The number of nitrogens with zero attached hydrogens (tertiary/aromatic N) is 3. The third kappa shape index (κ3) is 1.66. The Morgan fingerprint density at radius 2 is 2.14 bits per heavy atom. The third-order valence-electron chi connectivity index (χ3n) is 2.19. The molecule has 0 unspecified atom stereocenters. The summed E-state index contributed by atoms with van der Waals surface area (Å²) < 4.78 is 1.93. The Hall–Kier alpha value is -1.64. The molecule has 0 saturated carbocycles. The van der Waals surface area contributed by atoms with Gasteiger partial charge in [0.25, 0.3) is 0 Å². The molecule has 0 bridgehead atoms. The van der Waals surface area contributed by atoms with Crippen LogP contribution >= 0.6 is 0 Å². The summed E-state index contributed by atoms with van der Waals surface area (Å²) in [7, 11) is 0. The summed E-state index contributed by atoms with van der Waals surface area (Å²) in [6.45, 7) is 4.09. The fourth-order valence-corrected chi connectivity index (χ4v) is 1.33. The zero-order valence-corrected chi connectivity index (χ0v) is 8.44. The van der Waals surface area contributed by atoms with E-state index in [1.165, 1.54) is 5.56 Å². The second-order valence-electron chi connectivity index (χ2n) is 3.30. The van der Waals surface area contributed by atoms with E-state index in [2.05, 4.69) is 23.0 Å². The van der Waals surface area contributed by atoms with Crippen molar-refractivity contribution in [2.75, 3.05) is 0 Å². The molecule has 0 spiro atoms. The van der Waals surface area contributed by atoms with E-state index in [0.29, 0.717) is 0 Å². The molecule has 0 aliphatic rings. The number of aryl methyl sites for hydroxylation is 2. The molecular formula is C11H13N3. The van der Waals surface area contributed by atoms with Crippen LogP contribution in [0, 0.1) is 6.92 Å². The summed E-state index contributed by atoms with van der Waals surface area (Å²) in [6, 6.07) is 4.11. The topological polar surface area (TPSA) is 30.7 Å². The first-order valence-corrected chi connectivity index (χ1v) is 4.75. The van der Waals surface area contributed by atoms with Gasteiger partial charge in [0.2, 0.25) is 0 Å². The van der Waals surface area contributed by atoms with Gasteiger partial charge in [-0.25, -0.2) is 9.97 Å². The van der Waals surface area contributed by atoms with Crippen LogP contribution in [0.2, 0.25) is 0 Å². The Morgan fingerprint density at radius 3 is 2.64 bits per heavy atom. The van der Waals surface area contributed by atoms with E-state index >= 15 is 0 Å². The van der Waals surface area contributed by atoms with E-state index in [9.17, 15) is 0 Å². The lowest BCUT2D eigenvalue weighted by Crippen LogP contribution is -1.94. The zero-order valence-electron chi connectivity index (χ0n) is 8.44. The standard InChI is InChI=1S/C11H13N3/c1-3-10-4-5-11(12-6-10)14-7-9(2)13-8-14/h4-8H,3H2,1-2H3. The van der Waals surface area contributed by atoms with Gasteiger partial charge in [-0.1, -0.05) is 13.0 Å². The van der Waals surface area contributed by atoms with Gasteiger partial charge in [-0.05, 0) is 25.0 Å². The normalized spacial score (nSPS) is 10.4. The fraction of sp³-hybridized carbons (Fsp3) is 0.273. The van der Waals surface area contributed by atoms with Gasteiger partial charge in [0.1, 0.15) is 12.1 Å². The quantitative estimate of drug-likeness (QED) is 0.721. The van der Waals surface area contributed by atoms with E-state index in [-0.39, 0.29) is 0 Å². The first kappa shape index (κ1) is 8.94. The van der Waals surface area contributed by atoms with Gasteiger partial charge in [-0.3, -0.25) is 4.57 Å². The van der Waals surface area contributed by atoms with Crippen molar-refractivity contribution in [1.82, 2.24) is 14.5 Å². The van der Waals surface area contributed by atoms with E-state index in [4.69, 9.17) is 0 Å². The predicted octanol–water partition coefficient (Wildman–Crippen LogP) is 2.14. The molecule has 0 atom stereocenters. The molecule has 0 aliphatic carbocycles. The zero-order chi connectivity index (χ0) is 9.97. The minimum absolute atomic E-state index is 0.919. The molecule has 14 heavy (non-hydrogen) atoms. The van der Waals surface area contributed by atoms with Crippen LogP contribution < -0.4 is 0 Å². The molecule has 0 saturated heterocycles. The Labute approximate surface area is 83.4 Å². The van der Waals surface area contributed by atoms with Gasteiger partial charge in [0.15, 0.2) is 0 Å². The molecule has 0 N–H and O–H groups in total. The van der Waals surface area contributed by atoms with Crippen LogP contribution in [0.1, 0.15) is 18.2 Å². The lowest BCUT2D eigenvalue weighted by Gasteiger charge is -2.01. The van der Waals surface area contributed by atoms with Crippen molar-refractivity contribution in [3.8, 4) is 5.82 Å². The van der Waals surface area contributed by atoms with Gasteiger partial charge in [-0.15, -0.1) is 0 Å². The van der Waals surface area contributed by atoms with Gasteiger partial charge < -0.3 is 0 Å². The number of pyridine rings is 1. The van der Waals surface area contributed by atoms with Crippen molar-refractivity contribution in [3.63, 3.8) is 0 Å². The Kier molecular flexibility index (Phi) is 2.31. The first-order chi connectivity index (χ1) is 6.79. The van der Waals surface area contributed by atoms with Crippen molar-refractivity contribution in [2.45, 2.75) is 20.3 Å². The van der Waals surface area contributed by atoms with E-state index < -0.39 is 0 Å². The maximum absolute atomic E-state index is 4.36. The second kappa shape index (κ2) is 3.62. The van der Waals surface area contributed by atoms with Crippen LogP contribution in [0.3, 0.4) is 0 Å². The Bertz CT molecular complexity index is 414. The van der Waals surface area contributed by atoms with Crippen LogP contribution in [-0.4, -0.2) is 14.5 Å². The molecule has 2 aromatic rings. The van der Waals surface area contributed by atoms with Crippen molar-refractivity contribution < 1.29 is 0 Å². The molecule has 0 aromatic carbocycles. The number of aromatic nitrogens is 3. The van der Waals surface area contributed by atoms with Crippen molar-refractivity contribution in [3.05, 3.63) is 42.1 Å². The van der Waals surface area contributed by atoms with E-state index in [1.54, 1.807) is 6.33 Å². The lowest BCUT2D eigenvalue weighted by molar-refractivity contribution is 0.977. The Morgan fingerprint density at radius 1 is 1.29 bits per heavy atom. The van der Waals surface area contributed by atoms with Gasteiger partial charge >= 0.3 is 0 Å². The van der Waals surface area contributed by atoms with Crippen molar-refractivity contribution in [2.24, 2.45) is 0 Å². The van der Waals surface area contributed by atoms with Crippen LogP contribution in [0.4, 0.5) is 0 Å². The summed E-state index contributed by atoms with van der Waals surface area (Å²) in [6.07, 6.45) is 6.68. The molecule has 2 rings (SSSR count). The molecule has 2 heterocycles. The first-order valence-electron chi connectivity index (χ1n) is 4.75. The van der Waals surface area contributed by atoms with E-state index in [1.807, 2.05) is 30.0 Å². The molecule has 3 nitrogen and oxygen atoms in total. The number of hydrogen-bond donors (Lipinski definition) is 0. The molecule has 0 amide bonds. The highest BCUT2D eigenvalue weighted by Crippen LogP contribution is 2.06. The molecular weight excluding hydrogens is 174 g/mol. The number of hydrogen-bond acceptors (Lipinski definition) is 2. The maximum atomic E-state index is 4.36. The summed E-state index contributed by atoms with van der Waals surface area (Å²) in [5.74, 6) is 0.919.